The van der Waals surface area contributed by atoms with Crippen molar-refractivity contribution in [3.63, 3.8) is 0 Å². The first-order chi connectivity index (χ1) is 15.4. The summed E-state index contributed by atoms with van der Waals surface area (Å²) >= 11 is 0. The summed E-state index contributed by atoms with van der Waals surface area (Å²) in [5, 5.41) is 3.88. The molecular weight excluding hydrogens is 436 g/mol. The number of amides is 1. The van der Waals surface area contributed by atoms with Gasteiger partial charge in [-0.2, -0.15) is 4.98 Å². The van der Waals surface area contributed by atoms with E-state index in [1.165, 1.54) is 23.1 Å². The van der Waals surface area contributed by atoms with E-state index in [2.05, 4.69) is 14.9 Å². The van der Waals surface area contributed by atoms with Crippen LogP contribution in [0.1, 0.15) is 25.6 Å². The third kappa shape index (κ3) is 4.37. The molecule has 2 aromatic carbocycles. The maximum Gasteiger partial charge on any atom is 0.265 e. The molecule has 0 unspecified atom stereocenters. The van der Waals surface area contributed by atoms with Crippen LogP contribution in [0.25, 0.3) is 0 Å². The topological polar surface area (TPSA) is 124 Å². The van der Waals surface area contributed by atoms with Crippen LogP contribution in [0.15, 0.2) is 51.9 Å². The first kappa shape index (κ1) is 21.6. The molecule has 168 valence electrons. The SMILES string of the molecule is CCOc1ccccc1NS(=O)(=O)c1ccc2c(c1)N(Cc1noc(CC)n1)C(=O)CO2. The molecule has 1 aliphatic rings. The van der Waals surface area contributed by atoms with Crippen LogP contribution in [0.2, 0.25) is 0 Å². The van der Waals surface area contributed by atoms with Gasteiger partial charge in [0, 0.05) is 6.42 Å². The van der Waals surface area contributed by atoms with Crippen LogP contribution >= 0.6 is 0 Å². The summed E-state index contributed by atoms with van der Waals surface area (Å²) in [6.45, 7) is 3.94. The summed E-state index contributed by atoms with van der Waals surface area (Å²) in [6, 6.07) is 11.1. The summed E-state index contributed by atoms with van der Waals surface area (Å²) in [6.07, 6.45) is 0.567. The predicted octanol–water partition coefficient (Wildman–Crippen LogP) is 2.76. The molecule has 3 aromatic rings. The predicted molar refractivity (Wildman–Crippen MR) is 115 cm³/mol. The molecule has 4 rings (SSSR count). The third-order valence-corrected chi connectivity index (χ3v) is 6.09. The Morgan fingerprint density at radius 3 is 2.75 bits per heavy atom. The summed E-state index contributed by atoms with van der Waals surface area (Å²) in [5.41, 5.74) is 0.625. The van der Waals surface area contributed by atoms with E-state index >= 15 is 0 Å². The van der Waals surface area contributed by atoms with Gasteiger partial charge in [0.15, 0.2) is 12.4 Å². The van der Waals surface area contributed by atoms with E-state index in [0.717, 1.165) is 0 Å². The number of hydrogen-bond donors (Lipinski definition) is 1. The number of nitrogens with zero attached hydrogens (tertiary/aromatic N) is 3. The zero-order valence-electron chi connectivity index (χ0n) is 17.6. The van der Waals surface area contributed by atoms with Gasteiger partial charge in [0.2, 0.25) is 5.89 Å². The lowest BCUT2D eigenvalue weighted by atomic mass is 10.2. The summed E-state index contributed by atoms with van der Waals surface area (Å²) in [4.78, 5) is 18.1. The monoisotopic (exact) mass is 458 g/mol. The zero-order chi connectivity index (χ0) is 22.7. The van der Waals surface area contributed by atoms with Crippen molar-refractivity contribution < 1.29 is 27.2 Å². The van der Waals surface area contributed by atoms with Crippen molar-refractivity contribution in [2.24, 2.45) is 0 Å². The van der Waals surface area contributed by atoms with Gasteiger partial charge >= 0.3 is 0 Å². The Kier molecular flexibility index (Phi) is 5.99. The fraction of sp³-hybridized carbons (Fsp3) is 0.286. The molecule has 0 saturated heterocycles. The Hall–Kier alpha value is -3.60. The van der Waals surface area contributed by atoms with E-state index in [0.29, 0.717) is 47.6 Å². The van der Waals surface area contributed by atoms with Gasteiger partial charge in [0.1, 0.15) is 11.5 Å². The molecule has 10 nitrogen and oxygen atoms in total. The number of hydrogen-bond acceptors (Lipinski definition) is 8. The van der Waals surface area contributed by atoms with Gasteiger partial charge in [-0.15, -0.1) is 0 Å². The number of carbonyl (C=O) groups is 1. The van der Waals surface area contributed by atoms with Crippen molar-refractivity contribution in [1.29, 1.82) is 0 Å². The molecule has 32 heavy (non-hydrogen) atoms. The lowest BCUT2D eigenvalue weighted by Crippen LogP contribution is -2.38. The molecule has 1 amide bonds. The zero-order valence-corrected chi connectivity index (χ0v) is 18.4. The van der Waals surface area contributed by atoms with Crippen LogP contribution in [0.3, 0.4) is 0 Å². The molecule has 0 radical (unpaired) electrons. The summed E-state index contributed by atoms with van der Waals surface area (Å²) < 4.78 is 44.8. The molecule has 1 aliphatic heterocycles. The Morgan fingerprint density at radius 2 is 2.00 bits per heavy atom. The van der Waals surface area contributed by atoms with Gasteiger partial charge in [0.05, 0.1) is 29.4 Å². The molecule has 0 bridgehead atoms. The first-order valence-corrected chi connectivity index (χ1v) is 11.5. The highest BCUT2D eigenvalue weighted by Gasteiger charge is 2.29. The lowest BCUT2D eigenvalue weighted by molar-refractivity contribution is -0.121. The minimum Gasteiger partial charge on any atom is -0.492 e. The first-order valence-electron chi connectivity index (χ1n) is 10.0. The number of anilines is 2. The van der Waals surface area contributed by atoms with E-state index in [4.69, 9.17) is 14.0 Å². The van der Waals surface area contributed by atoms with Crippen LogP contribution in [0, 0.1) is 0 Å². The fourth-order valence-corrected chi connectivity index (χ4v) is 4.29. The van der Waals surface area contributed by atoms with Crippen molar-refractivity contribution in [3.8, 4) is 11.5 Å². The number of benzene rings is 2. The highest BCUT2D eigenvalue weighted by atomic mass is 32.2. The van der Waals surface area contributed by atoms with Gasteiger partial charge in [-0.3, -0.25) is 14.4 Å². The van der Waals surface area contributed by atoms with Crippen molar-refractivity contribution in [2.75, 3.05) is 22.8 Å². The van der Waals surface area contributed by atoms with Crippen molar-refractivity contribution in [2.45, 2.75) is 31.7 Å². The number of sulfonamides is 1. The highest BCUT2D eigenvalue weighted by molar-refractivity contribution is 7.92. The average Bonchev–Trinajstić information content (AvgIpc) is 3.24. The smallest absolute Gasteiger partial charge is 0.265 e. The van der Waals surface area contributed by atoms with Gasteiger partial charge in [-0.05, 0) is 37.3 Å². The number of carbonyl (C=O) groups excluding carboxylic acids is 1. The van der Waals surface area contributed by atoms with E-state index in [9.17, 15) is 13.2 Å². The highest BCUT2D eigenvalue weighted by Crippen LogP contribution is 2.36. The number of fused-ring (bicyclic) bond motifs is 1. The molecule has 0 fully saturated rings. The van der Waals surface area contributed by atoms with E-state index in [1.54, 1.807) is 24.3 Å². The number of aryl methyl sites for hydroxylation is 1. The second kappa shape index (κ2) is 8.87. The second-order valence-corrected chi connectivity index (χ2v) is 8.57. The Balaban J connectivity index is 1.66. The van der Waals surface area contributed by atoms with Gasteiger partial charge in [-0.1, -0.05) is 24.2 Å². The Labute approximate surface area is 185 Å². The number of para-hydroxylation sites is 2. The van der Waals surface area contributed by atoms with Gasteiger partial charge in [-0.25, -0.2) is 8.42 Å². The quantitative estimate of drug-likeness (QED) is 0.546. The third-order valence-electron chi connectivity index (χ3n) is 4.73. The molecule has 11 heteroatoms. The molecule has 0 aliphatic carbocycles. The van der Waals surface area contributed by atoms with Crippen LogP contribution in [-0.4, -0.2) is 37.7 Å². The van der Waals surface area contributed by atoms with Crippen LogP contribution in [0.5, 0.6) is 11.5 Å². The van der Waals surface area contributed by atoms with E-state index in [1.807, 2.05) is 13.8 Å². The van der Waals surface area contributed by atoms with Crippen molar-refractivity contribution >= 4 is 27.3 Å². The Bertz CT molecular complexity index is 1240. The fourth-order valence-electron chi connectivity index (χ4n) is 3.20. The van der Waals surface area contributed by atoms with Crippen LogP contribution < -0.4 is 19.1 Å². The normalized spacial score (nSPS) is 13.4. The summed E-state index contributed by atoms with van der Waals surface area (Å²) in [5.74, 6) is 1.23. The van der Waals surface area contributed by atoms with Crippen molar-refractivity contribution in [1.82, 2.24) is 10.1 Å². The molecule has 2 heterocycles. The van der Waals surface area contributed by atoms with E-state index < -0.39 is 10.0 Å². The average molecular weight is 458 g/mol. The van der Waals surface area contributed by atoms with Crippen molar-refractivity contribution in [3.05, 3.63) is 54.2 Å². The number of nitrogens with one attached hydrogen (secondary N) is 1. The van der Waals surface area contributed by atoms with Gasteiger partial charge < -0.3 is 14.0 Å². The molecule has 0 atom stereocenters. The number of rotatable bonds is 8. The minimum absolute atomic E-state index is 0.0306. The van der Waals surface area contributed by atoms with Gasteiger partial charge in [0.25, 0.3) is 15.9 Å². The molecule has 1 N–H and O–H groups in total. The summed E-state index contributed by atoms with van der Waals surface area (Å²) in [7, 11) is -3.97. The lowest BCUT2D eigenvalue weighted by Gasteiger charge is -2.28. The standard InChI is InChI=1S/C21H22N4O6S/c1-3-20-22-19(23-31-20)12-25-16-11-14(9-10-18(16)30-13-21(25)26)32(27,28)24-15-7-5-6-8-17(15)29-4-2/h5-11,24H,3-4,12-13H2,1-2H3. The largest absolute Gasteiger partial charge is 0.492 e. The molecule has 1 aromatic heterocycles. The minimum atomic E-state index is -3.97. The second-order valence-electron chi connectivity index (χ2n) is 6.89. The molecular formula is C21H22N4O6S. The molecule has 0 saturated carbocycles. The number of ether oxygens (including phenoxy) is 2. The maximum atomic E-state index is 13.1. The van der Waals surface area contributed by atoms with Crippen LogP contribution in [0.4, 0.5) is 11.4 Å². The molecule has 0 spiro atoms. The Morgan fingerprint density at radius 1 is 1.19 bits per heavy atom. The van der Waals surface area contributed by atoms with E-state index in [-0.39, 0.29) is 24.0 Å². The maximum absolute atomic E-state index is 13.1. The van der Waals surface area contributed by atoms with Crippen LogP contribution in [-0.2, 0) is 27.8 Å². The number of aromatic nitrogens is 2.